The highest BCUT2D eigenvalue weighted by Crippen LogP contribution is 2.19. The lowest BCUT2D eigenvalue weighted by Gasteiger charge is -2.36. The Bertz CT molecular complexity index is 633. The lowest BCUT2D eigenvalue weighted by molar-refractivity contribution is -0.133. The van der Waals surface area contributed by atoms with Gasteiger partial charge in [0.1, 0.15) is 11.9 Å². The number of amides is 1. The van der Waals surface area contributed by atoms with Crippen LogP contribution in [0, 0.1) is 17.2 Å². The van der Waals surface area contributed by atoms with E-state index in [2.05, 4.69) is 27.8 Å². The van der Waals surface area contributed by atoms with E-state index in [4.69, 9.17) is 0 Å². The van der Waals surface area contributed by atoms with Crippen LogP contribution in [-0.2, 0) is 4.79 Å². The van der Waals surface area contributed by atoms with Gasteiger partial charge in [-0.05, 0) is 30.9 Å². The van der Waals surface area contributed by atoms with Crippen LogP contribution in [0.2, 0.25) is 0 Å². The maximum absolute atomic E-state index is 12.4. The first-order valence-corrected chi connectivity index (χ1v) is 9.27. The molecule has 0 aromatic carbocycles. The maximum Gasteiger partial charge on any atom is 0.223 e. The number of piperazine rings is 1. The minimum Gasteiger partial charge on any atom is -0.353 e. The van der Waals surface area contributed by atoms with Gasteiger partial charge < -0.3 is 9.80 Å². The van der Waals surface area contributed by atoms with Crippen molar-refractivity contribution in [2.24, 2.45) is 5.92 Å². The lowest BCUT2D eigenvalue weighted by Crippen LogP contribution is -2.48. The molecule has 2 aliphatic heterocycles. The number of piperidine rings is 1. The number of carbonyl (C=O) groups is 1. The predicted octanol–water partition coefficient (Wildman–Crippen LogP) is 1.72. The number of nitrogens with zero attached hydrogens (tertiary/aromatic N) is 5. The number of pyridine rings is 1. The van der Waals surface area contributed by atoms with Crippen LogP contribution in [0.25, 0.3) is 0 Å². The second kappa shape index (κ2) is 8.30. The largest absolute Gasteiger partial charge is 0.353 e. The van der Waals surface area contributed by atoms with E-state index < -0.39 is 0 Å². The van der Waals surface area contributed by atoms with Crippen molar-refractivity contribution in [3.8, 4) is 6.07 Å². The summed E-state index contributed by atoms with van der Waals surface area (Å²) in [5.74, 6) is 1.71. The number of hydrogen-bond acceptors (Lipinski definition) is 5. The Morgan fingerprint density at radius 2 is 2.12 bits per heavy atom. The Labute approximate surface area is 150 Å². The van der Waals surface area contributed by atoms with Gasteiger partial charge in [-0.3, -0.25) is 9.69 Å². The summed E-state index contributed by atoms with van der Waals surface area (Å²) in [6.07, 6.45) is 4.72. The number of hydrogen-bond donors (Lipinski definition) is 0. The minimum absolute atomic E-state index is 0.297. The summed E-state index contributed by atoms with van der Waals surface area (Å²) in [7, 11) is 0. The summed E-state index contributed by atoms with van der Waals surface area (Å²) in [4.78, 5) is 23.3. The fourth-order valence-corrected chi connectivity index (χ4v) is 3.75. The van der Waals surface area contributed by atoms with E-state index in [1.807, 2.05) is 11.0 Å². The fourth-order valence-electron chi connectivity index (χ4n) is 3.75. The van der Waals surface area contributed by atoms with Crippen LogP contribution < -0.4 is 4.90 Å². The molecule has 6 nitrogen and oxygen atoms in total. The number of anilines is 1. The first-order valence-electron chi connectivity index (χ1n) is 9.27. The maximum atomic E-state index is 12.4. The van der Waals surface area contributed by atoms with Crippen LogP contribution in [0.5, 0.6) is 0 Å². The number of nitriles is 1. The molecule has 25 heavy (non-hydrogen) atoms. The van der Waals surface area contributed by atoms with E-state index in [1.165, 1.54) is 6.42 Å². The third-order valence-electron chi connectivity index (χ3n) is 5.23. The monoisotopic (exact) mass is 341 g/mol. The topological polar surface area (TPSA) is 63.5 Å². The molecule has 1 aromatic rings. The molecule has 2 aliphatic rings. The molecule has 1 unspecified atom stereocenters. The van der Waals surface area contributed by atoms with Crippen molar-refractivity contribution >= 4 is 11.7 Å². The van der Waals surface area contributed by atoms with Crippen LogP contribution >= 0.6 is 0 Å². The molecule has 134 valence electrons. The zero-order valence-electron chi connectivity index (χ0n) is 15.0. The van der Waals surface area contributed by atoms with Crippen molar-refractivity contribution in [3.63, 3.8) is 0 Å². The summed E-state index contributed by atoms with van der Waals surface area (Å²) in [5.41, 5.74) is 0.630. The van der Waals surface area contributed by atoms with Gasteiger partial charge in [-0.15, -0.1) is 0 Å². The highest BCUT2D eigenvalue weighted by Gasteiger charge is 2.23. The highest BCUT2D eigenvalue weighted by molar-refractivity contribution is 5.76. The molecule has 0 radical (unpaired) electrons. The molecule has 0 N–H and O–H groups in total. The molecule has 2 fully saturated rings. The molecule has 0 spiro atoms. The second-order valence-electron chi connectivity index (χ2n) is 7.15. The first-order chi connectivity index (χ1) is 12.2. The Morgan fingerprint density at radius 3 is 2.84 bits per heavy atom. The molecule has 1 atom stereocenters. The van der Waals surface area contributed by atoms with Crippen LogP contribution in [0.15, 0.2) is 18.3 Å². The van der Waals surface area contributed by atoms with Gasteiger partial charge in [0, 0.05) is 58.4 Å². The molecule has 0 aliphatic carbocycles. The number of aromatic nitrogens is 1. The molecule has 6 heteroatoms. The third kappa shape index (κ3) is 4.49. The normalized spacial score (nSPS) is 21.8. The van der Waals surface area contributed by atoms with Crippen molar-refractivity contribution in [1.29, 1.82) is 5.26 Å². The quantitative estimate of drug-likeness (QED) is 0.834. The predicted molar refractivity (Wildman–Crippen MR) is 97.2 cm³/mol. The van der Waals surface area contributed by atoms with Gasteiger partial charge in [0.15, 0.2) is 0 Å². The summed E-state index contributed by atoms with van der Waals surface area (Å²) in [6.45, 7) is 8.41. The zero-order chi connectivity index (χ0) is 17.6. The van der Waals surface area contributed by atoms with Crippen molar-refractivity contribution in [3.05, 3.63) is 23.9 Å². The van der Waals surface area contributed by atoms with Crippen molar-refractivity contribution < 1.29 is 4.79 Å². The van der Waals surface area contributed by atoms with Crippen molar-refractivity contribution in [2.45, 2.75) is 26.2 Å². The summed E-state index contributed by atoms with van der Waals surface area (Å²) < 4.78 is 0. The average molecular weight is 341 g/mol. The molecular weight excluding hydrogens is 314 g/mol. The van der Waals surface area contributed by atoms with Crippen molar-refractivity contribution in [2.75, 3.05) is 50.7 Å². The van der Waals surface area contributed by atoms with E-state index in [-0.39, 0.29) is 0 Å². The fraction of sp³-hybridized carbons (Fsp3) is 0.632. The minimum atomic E-state index is 0.297. The van der Waals surface area contributed by atoms with E-state index in [9.17, 15) is 10.1 Å². The van der Waals surface area contributed by atoms with Gasteiger partial charge in [-0.2, -0.15) is 5.26 Å². The van der Waals surface area contributed by atoms with Gasteiger partial charge in [-0.1, -0.05) is 6.92 Å². The summed E-state index contributed by atoms with van der Waals surface area (Å²) in [6, 6.07) is 5.83. The summed E-state index contributed by atoms with van der Waals surface area (Å²) >= 11 is 0. The van der Waals surface area contributed by atoms with E-state index in [1.54, 1.807) is 12.3 Å². The molecule has 3 rings (SSSR count). The van der Waals surface area contributed by atoms with Crippen LogP contribution in [-0.4, -0.2) is 66.5 Å². The van der Waals surface area contributed by atoms with Crippen molar-refractivity contribution in [1.82, 2.24) is 14.8 Å². The van der Waals surface area contributed by atoms with E-state index in [0.29, 0.717) is 23.8 Å². The molecule has 0 saturated carbocycles. The average Bonchev–Trinajstić information content (AvgIpc) is 2.66. The molecule has 3 heterocycles. The zero-order valence-corrected chi connectivity index (χ0v) is 15.0. The lowest BCUT2D eigenvalue weighted by atomic mass is 10.00. The van der Waals surface area contributed by atoms with Crippen LogP contribution in [0.4, 0.5) is 5.82 Å². The van der Waals surface area contributed by atoms with Crippen LogP contribution in [0.3, 0.4) is 0 Å². The Kier molecular flexibility index (Phi) is 5.87. The molecule has 1 aromatic heterocycles. The molecular formula is C19H27N5O. The Hall–Kier alpha value is -2.13. The third-order valence-corrected chi connectivity index (χ3v) is 5.23. The smallest absolute Gasteiger partial charge is 0.223 e. The van der Waals surface area contributed by atoms with E-state index >= 15 is 0 Å². The Morgan fingerprint density at radius 1 is 1.32 bits per heavy atom. The molecule has 2 saturated heterocycles. The SMILES string of the molecule is CC1CCCN(C(=O)CCN2CCN(c3ncccc3C#N)CC2)C1. The van der Waals surface area contributed by atoms with Gasteiger partial charge >= 0.3 is 0 Å². The molecule has 1 amide bonds. The van der Waals surface area contributed by atoms with E-state index in [0.717, 1.165) is 58.1 Å². The standard InChI is InChI=1S/C19H27N5O/c1-16-4-3-8-24(15-16)18(25)6-9-22-10-12-23(13-11-22)19-17(14-20)5-2-7-21-19/h2,5,7,16H,3-4,6,8-13,15H2,1H3. The number of likely N-dealkylation sites (tertiary alicyclic amines) is 1. The number of carbonyl (C=O) groups excluding carboxylic acids is 1. The van der Waals surface area contributed by atoms with Gasteiger partial charge in [0.05, 0.1) is 5.56 Å². The van der Waals surface area contributed by atoms with Crippen LogP contribution in [0.1, 0.15) is 31.7 Å². The molecule has 0 bridgehead atoms. The Balaban J connectivity index is 1.45. The van der Waals surface area contributed by atoms with Gasteiger partial charge in [0.2, 0.25) is 5.91 Å². The highest BCUT2D eigenvalue weighted by atomic mass is 16.2. The van der Waals surface area contributed by atoms with Gasteiger partial charge in [-0.25, -0.2) is 4.98 Å². The second-order valence-corrected chi connectivity index (χ2v) is 7.15. The number of rotatable bonds is 4. The first kappa shape index (κ1) is 17.7. The summed E-state index contributed by atoms with van der Waals surface area (Å²) in [5, 5.41) is 9.22. The van der Waals surface area contributed by atoms with Gasteiger partial charge in [0.25, 0.3) is 0 Å².